The molecule has 0 aromatic carbocycles. The Balaban J connectivity index is 2.33. The Morgan fingerprint density at radius 1 is 0.900 bits per heavy atom. The number of nitrogens with zero attached hydrogens (tertiary/aromatic N) is 3. The fourth-order valence-corrected chi connectivity index (χ4v) is 1.78. The Morgan fingerprint density at radius 3 is 2.30 bits per heavy atom. The van der Waals surface area contributed by atoms with Crippen molar-refractivity contribution in [3.63, 3.8) is 0 Å². The van der Waals surface area contributed by atoms with Crippen LogP contribution in [-0.2, 0) is 0 Å². The minimum Gasteiger partial charge on any atom is -0.467 e. The van der Waals surface area contributed by atoms with E-state index in [9.17, 15) is 0 Å². The van der Waals surface area contributed by atoms with Crippen LogP contribution in [0.5, 0.6) is 12.0 Å². The predicted octanol–water partition coefficient (Wildman–Crippen LogP) is 3.05. The zero-order chi connectivity index (χ0) is 14.6. The van der Waals surface area contributed by atoms with Gasteiger partial charge in [0.05, 0.1) is 13.7 Å². The van der Waals surface area contributed by atoms with Gasteiger partial charge in [0.15, 0.2) is 0 Å². The first-order valence-electron chi connectivity index (χ1n) is 7.46. The second kappa shape index (κ2) is 10.2. The molecule has 1 N–H and O–H groups in total. The van der Waals surface area contributed by atoms with Gasteiger partial charge in [0, 0.05) is 6.54 Å². The summed E-state index contributed by atoms with van der Waals surface area (Å²) in [6.07, 6.45) is 7.36. The molecule has 0 bridgehead atoms. The molecule has 1 aromatic rings. The van der Waals surface area contributed by atoms with Crippen molar-refractivity contribution < 1.29 is 9.47 Å². The third-order valence-electron chi connectivity index (χ3n) is 2.84. The van der Waals surface area contributed by atoms with Crippen LogP contribution in [0.2, 0.25) is 0 Å². The van der Waals surface area contributed by atoms with Crippen LogP contribution in [0, 0.1) is 0 Å². The number of ether oxygens (including phenoxy) is 2. The van der Waals surface area contributed by atoms with Gasteiger partial charge in [0.25, 0.3) is 0 Å². The van der Waals surface area contributed by atoms with Gasteiger partial charge in [0.2, 0.25) is 5.95 Å². The quantitative estimate of drug-likeness (QED) is 0.629. The summed E-state index contributed by atoms with van der Waals surface area (Å²) in [4.78, 5) is 12.3. The van der Waals surface area contributed by atoms with Crippen molar-refractivity contribution in [2.45, 2.75) is 52.4 Å². The van der Waals surface area contributed by atoms with E-state index < -0.39 is 0 Å². The minimum atomic E-state index is 0.272. The molecular weight excluding hydrogens is 256 g/mol. The molecule has 6 nitrogen and oxygen atoms in total. The monoisotopic (exact) mass is 282 g/mol. The molecule has 114 valence electrons. The molecule has 0 atom stereocenters. The second-order valence-corrected chi connectivity index (χ2v) is 4.57. The fraction of sp³-hybridized carbons (Fsp3) is 0.786. The standard InChI is InChI=1S/C14H26N4O2/c1-4-6-7-8-9-10-11-20-14-17-12(15-5-2)16-13(18-14)19-3/h4-11H2,1-3H3,(H,15,16,17,18). The van der Waals surface area contributed by atoms with Crippen molar-refractivity contribution in [1.29, 1.82) is 0 Å². The van der Waals surface area contributed by atoms with Crippen molar-refractivity contribution in [1.82, 2.24) is 15.0 Å². The predicted molar refractivity (Wildman–Crippen MR) is 79.4 cm³/mol. The van der Waals surface area contributed by atoms with Crippen LogP contribution in [0.25, 0.3) is 0 Å². The highest BCUT2D eigenvalue weighted by Gasteiger charge is 2.06. The molecule has 20 heavy (non-hydrogen) atoms. The summed E-state index contributed by atoms with van der Waals surface area (Å²) in [5.74, 6) is 0.484. The maximum Gasteiger partial charge on any atom is 0.324 e. The Morgan fingerprint density at radius 2 is 1.60 bits per heavy atom. The van der Waals surface area contributed by atoms with Gasteiger partial charge in [-0.15, -0.1) is 4.98 Å². The summed E-state index contributed by atoms with van der Waals surface area (Å²) in [6.45, 7) is 5.57. The summed E-state index contributed by atoms with van der Waals surface area (Å²) in [5.41, 5.74) is 0. The summed E-state index contributed by atoms with van der Waals surface area (Å²) in [5, 5.41) is 3.03. The highest BCUT2D eigenvalue weighted by Crippen LogP contribution is 2.13. The Kier molecular flexibility index (Phi) is 8.42. The first kappa shape index (κ1) is 16.5. The average molecular weight is 282 g/mol. The van der Waals surface area contributed by atoms with Gasteiger partial charge in [-0.05, 0) is 13.3 Å². The van der Waals surface area contributed by atoms with Crippen LogP contribution in [0.4, 0.5) is 5.95 Å². The van der Waals surface area contributed by atoms with Crippen LogP contribution in [0.1, 0.15) is 52.4 Å². The first-order chi connectivity index (χ1) is 9.80. The molecule has 1 rings (SSSR count). The zero-order valence-corrected chi connectivity index (χ0v) is 12.8. The lowest BCUT2D eigenvalue weighted by Crippen LogP contribution is -2.08. The summed E-state index contributed by atoms with van der Waals surface area (Å²) >= 11 is 0. The molecule has 0 fully saturated rings. The van der Waals surface area contributed by atoms with E-state index in [1.807, 2.05) is 6.92 Å². The molecule has 0 unspecified atom stereocenters. The lowest BCUT2D eigenvalue weighted by molar-refractivity contribution is 0.272. The molecule has 0 saturated carbocycles. The van der Waals surface area contributed by atoms with Gasteiger partial charge >= 0.3 is 12.0 Å². The van der Waals surface area contributed by atoms with Crippen molar-refractivity contribution in [3.8, 4) is 12.0 Å². The summed E-state index contributed by atoms with van der Waals surface area (Å²) in [7, 11) is 1.53. The number of anilines is 1. The van der Waals surface area contributed by atoms with Gasteiger partial charge in [-0.2, -0.15) is 9.97 Å². The second-order valence-electron chi connectivity index (χ2n) is 4.57. The number of hydrogen-bond donors (Lipinski definition) is 1. The van der Waals surface area contributed by atoms with E-state index in [4.69, 9.17) is 9.47 Å². The highest BCUT2D eigenvalue weighted by atomic mass is 16.5. The largest absolute Gasteiger partial charge is 0.467 e. The first-order valence-corrected chi connectivity index (χ1v) is 7.46. The Labute approximate surface area is 121 Å². The molecule has 6 heteroatoms. The molecule has 0 aliphatic carbocycles. The van der Waals surface area contributed by atoms with Gasteiger partial charge < -0.3 is 14.8 Å². The topological polar surface area (TPSA) is 69.2 Å². The average Bonchev–Trinajstić information content (AvgIpc) is 2.46. The van der Waals surface area contributed by atoms with E-state index in [1.165, 1.54) is 39.2 Å². The SMILES string of the molecule is CCCCCCCCOc1nc(NCC)nc(OC)n1. The number of hydrogen-bond acceptors (Lipinski definition) is 6. The van der Waals surface area contributed by atoms with E-state index in [0.717, 1.165) is 13.0 Å². The normalized spacial score (nSPS) is 10.3. The molecule has 0 radical (unpaired) electrons. The van der Waals surface area contributed by atoms with Crippen molar-refractivity contribution in [2.24, 2.45) is 0 Å². The van der Waals surface area contributed by atoms with E-state index >= 15 is 0 Å². The zero-order valence-electron chi connectivity index (χ0n) is 12.8. The van der Waals surface area contributed by atoms with Gasteiger partial charge in [-0.25, -0.2) is 0 Å². The molecule has 0 aliphatic heterocycles. The lowest BCUT2D eigenvalue weighted by atomic mass is 10.1. The molecule has 0 aliphatic rings. The van der Waals surface area contributed by atoms with Crippen LogP contribution >= 0.6 is 0 Å². The third kappa shape index (κ3) is 6.54. The number of rotatable bonds is 11. The van der Waals surface area contributed by atoms with E-state index in [2.05, 4.69) is 27.2 Å². The number of nitrogens with one attached hydrogen (secondary N) is 1. The van der Waals surface area contributed by atoms with Crippen molar-refractivity contribution in [2.75, 3.05) is 25.6 Å². The molecule has 0 amide bonds. The van der Waals surface area contributed by atoms with E-state index in [1.54, 1.807) is 0 Å². The molecule has 0 spiro atoms. The van der Waals surface area contributed by atoms with E-state index in [-0.39, 0.29) is 6.01 Å². The van der Waals surface area contributed by atoms with Crippen LogP contribution < -0.4 is 14.8 Å². The highest BCUT2D eigenvalue weighted by molar-refractivity contribution is 5.27. The maximum absolute atomic E-state index is 5.56. The summed E-state index contributed by atoms with van der Waals surface area (Å²) < 4.78 is 10.6. The van der Waals surface area contributed by atoms with E-state index in [0.29, 0.717) is 18.6 Å². The van der Waals surface area contributed by atoms with Gasteiger partial charge in [0.1, 0.15) is 0 Å². The number of methoxy groups -OCH3 is 1. The minimum absolute atomic E-state index is 0.272. The number of aromatic nitrogens is 3. The van der Waals surface area contributed by atoms with Crippen molar-refractivity contribution >= 4 is 5.95 Å². The van der Waals surface area contributed by atoms with Gasteiger partial charge in [-0.1, -0.05) is 39.0 Å². The van der Waals surface area contributed by atoms with Crippen LogP contribution in [-0.4, -0.2) is 35.2 Å². The van der Waals surface area contributed by atoms with Crippen LogP contribution in [0.3, 0.4) is 0 Å². The Bertz CT molecular complexity index is 374. The lowest BCUT2D eigenvalue weighted by Gasteiger charge is -2.08. The smallest absolute Gasteiger partial charge is 0.324 e. The number of unbranched alkanes of at least 4 members (excludes halogenated alkanes) is 5. The Hall–Kier alpha value is -1.59. The molecule has 1 aromatic heterocycles. The molecule has 1 heterocycles. The third-order valence-corrected chi connectivity index (χ3v) is 2.84. The van der Waals surface area contributed by atoms with Crippen LogP contribution in [0.15, 0.2) is 0 Å². The molecule has 0 saturated heterocycles. The van der Waals surface area contributed by atoms with Gasteiger partial charge in [-0.3, -0.25) is 0 Å². The summed E-state index contributed by atoms with van der Waals surface area (Å²) in [6, 6.07) is 0.593. The molecular formula is C14H26N4O2. The fourth-order valence-electron chi connectivity index (χ4n) is 1.78. The van der Waals surface area contributed by atoms with Crippen molar-refractivity contribution in [3.05, 3.63) is 0 Å². The maximum atomic E-state index is 5.56.